The standard InChI is InChI=1S/C10H15N3O/c1-8(6-13-5-4-11-7-13)12-10(14)9-2-3-9/h4-5,7-9H,2-3,6H2,1H3,(H,12,14)/t8-/m1/s1. The van der Waals surface area contributed by atoms with Crippen LogP contribution in [0, 0.1) is 5.92 Å². The van der Waals surface area contributed by atoms with E-state index < -0.39 is 0 Å². The van der Waals surface area contributed by atoms with Crippen LogP contribution in [0.15, 0.2) is 18.7 Å². The van der Waals surface area contributed by atoms with E-state index in [9.17, 15) is 4.79 Å². The summed E-state index contributed by atoms with van der Waals surface area (Å²) in [5.74, 6) is 0.498. The fraction of sp³-hybridized carbons (Fsp3) is 0.600. The van der Waals surface area contributed by atoms with Gasteiger partial charge in [-0.2, -0.15) is 0 Å². The molecule has 0 radical (unpaired) electrons. The Labute approximate surface area is 83.3 Å². The van der Waals surface area contributed by atoms with Crippen LogP contribution >= 0.6 is 0 Å². The molecule has 76 valence electrons. The molecule has 1 aliphatic carbocycles. The van der Waals surface area contributed by atoms with Crippen LogP contribution in [-0.4, -0.2) is 21.5 Å². The molecule has 1 N–H and O–H groups in total. The summed E-state index contributed by atoms with van der Waals surface area (Å²) in [6, 6.07) is 0.178. The van der Waals surface area contributed by atoms with E-state index in [4.69, 9.17) is 0 Å². The fourth-order valence-electron chi connectivity index (χ4n) is 1.46. The Hall–Kier alpha value is -1.32. The molecular formula is C10H15N3O. The molecule has 1 aliphatic rings. The van der Waals surface area contributed by atoms with Crippen molar-refractivity contribution >= 4 is 5.91 Å². The maximum atomic E-state index is 11.4. The van der Waals surface area contributed by atoms with Crippen molar-refractivity contribution in [3.05, 3.63) is 18.7 Å². The summed E-state index contributed by atoms with van der Waals surface area (Å²) in [5.41, 5.74) is 0. The molecule has 1 heterocycles. The molecule has 1 atom stereocenters. The van der Waals surface area contributed by atoms with Crippen molar-refractivity contribution in [1.82, 2.24) is 14.9 Å². The first-order valence-corrected chi connectivity index (χ1v) is 5.02. The number of carbonyl (C=O) groups is 1. The molecule has 2 rings (SSSR count). The lowest BCUT2D eigenvalue weighted by Crippen LogP contribution is -2.36. The van der Waals surface area contributed by atoms with Gasteiger partial charge in [0.05, 0.1) is 6.33 Å². The van der Waals surface area contributed by atoms with Gasteiger partial charge in [0.2, 0.25) is 5.91 Å². The molecule has 0 aromatic carbocycles. The Kier molecular flexibility index (Phi) is 2.52. The lowest BCUT2D eigenvalue weighted by atomic mass is 10.3. The van der Waals surface area contributed by atoms with Gasteiger partial charge in [0.25, 0.3) is 0 Å². The third kappa shape index (κ3) is 2.34. The van der Waals surface area contributed by atoms with Crippen LogP contribution < -0.4 is 5.32 Å². The Bertz CT molecular complexity index is 303. The van der Waals surface area contributed by atoms with E-state index in [2.05, 4.69) is 10.3 Å². The van der Waals surface area contributed by atoms with Crippen LogP contribution in [0.5, 0.6) is 0 Å². The summed E-state index contributed by atoms with van der Waals surface area (Å²) >= 11 is 0. The zero-order valence-corrected chi connectivity index (χ0v) is 8.31. The van der Waals surface area contributed by atoms with Crippen LogP contribution in [0.25, 0.3) is 0 Å². The van der Waals surface area contributed by atoms with Crippen LogP contribution in [0.3, 0.4) is 0 Å². The van der Waals surface area contributed by atoms with E-state index in [1.54, 1.807) is 12.5 Å². The van der Waals surface area contributed by atoms with Crippen molar-refractivity contribution in [3.63, 3.8) is 0 Å². The fourth-order valence-corrected chi connectivity index (χ4v) is 1.46. The number of amides is 1. The predicted octanol–water partition coefficient (Wildman–Crippen LogP) is 0.798. The first-order valence-electron chi connectivity index (χ1n) is 5.02. The van der Waals surface area contributed by atoms with Gasteiger partial charge in [0, 0.05) is 30.9 Å². The molecule has 14 heavy (non-hydrogen) atoms. The van der Waals surface area contributed by atoms with Crippen LogP contribution in [0.1, 0.15) is 19.8 Å². The van der Waals surface area contributed by atoms with Crippen molar-refractivity contribution in [2.24, 2.45) is 5.92 Å². The third-order valence-electron chi connectivity index (χ3n) is 2.38. The number of hydrogen-bond acceptors (Lipinski definition) is 2. The Morgan fingerprint density at radius 1 is 1.71 bits per heavy atom. The molecule has 0 saturated heterocycles. The van der Waals surface area contributed by atoms with Gasteiger partial charge in [-0.15, -0.1) is 0 Å². The summed E-state index contributed by atoms with van der Waals surface area (Å²) < 4.78 is 1.97. The van der Waals surface area contributed by atoms with E-state index in [1.165, 1.54) is 0 Å². The highest BCUT2D eigenvalue weighted by Gasteiger charge is 2.30. The van der Waals surface area contributed by atoms with Crippen molar-refractivity contribution in [1.29, 1.82) is 0 Å². The number of nitrogens with one attached hydrogen (secondary N) is 1. The lowest BCUT2D eigenvalue weighted by Gasteiger charge is -2.13. The predicted molar refractivity (Wildman–Crippen MR) is 52.6 cm³/mol. The average molecular weight is 193 g/mol. The summed E-state index contributed by atoms with van der Waals surface area (Å²) in [6.07, 6.45) is 7.53. The van der Waals surface area contributed by atoms with Crippen molar-refractivity contribution in [2.45, 2.75) is 32.4 Å². The number of imidazole rings is 1. The molecule has 1 aromatic rings. The van der Waals surface area contributed by atoms with Gasteiger partial charge >= 0.3 is 0 Å². The molecule has 1 amide bonds. The minimum absolute atomic E-state index is 0.178. The minimum Gasteiger partial charge on any atom is -0.352 e. The Balaban J connectivity index is 1.78. The third-order valence-corrected chi connectivity index (χ3v) is 2.38. The van der Waals surface area contributed by atoms with E-state index in [-0.39, 0.29) is 11.9 Å². The summed E-state index contributed by atoms with van der Waals surface area (Å²) in [7, 11) is 0. The van der Waals surface area contributed by atoms with Crippen LogP contribution in [0.2, 0.25) is 0 Å². The molecule has 1 aromatic heterocycles. The highest BCUT2D eigenvalue weighted by atomic mass is 16.2. The monoisotopic (exact) mass is 193 g/mol. The van der Waals surface area contributed by atoms with E-state index in [0.717, 1.165) is 19.4 Å². The van der Waals surface area contributed by atoms with Gasteiger partial charge in [-0.05, 0) is 19.8 Å². The molecule has 0 bridgehead atoms. The second-order valence-electron chi connectivity index (χ2n) is 3.94. The SMILES string of the molecule is C[C@H](Cn1ccnc1)NC(=O)C1CC1. The Morgan fingerprint density at radius 3 is 3.07 bits per heavy atom. The van der Waals surface area contributed by atoms with Gasteiger partial charge < -0.3 is 9.88 Å². The second-order valence-corrected chi connectivity index (χ2v) is 3.94. The Morgan fingerprint density at radius 2 is 2.50 bits per heavy atom. The van der Waals surface area contributed by atoms with Crippen molar-refractivity contribution in [2.75, 3.05) is 0 Å². The highest BCUT2D eigenvalue weighted by molar-refractivity contribution is 5.81. The molecular weight excluding hydrogens is 178 g/mol. The lowest BCUT2D eigenvalue weighted by molar-refractivity contribution is -0.122. The molecule has 4 heteroatoms. The number of hydrogen-bond donors (Lipinski definition) is 1. The maximum absolute atomic E-state index is 11.4. The number of rotatable bonds is 4. The maximum Gasteiger partial charge on any atom is 0.223 e. The first kappa shape index (κ1) is 9.24. The van der Waals surface area contributed by atoms with Gasteiger partial charge in [-0.1, -0.05) is 0 Å². The van der Waals surface area contributed by atoms with Crippen LogP contribution in [0.4, 0.5) is 0 Å². The number of aromatic nitrogens is 2. The molecule has 4 nitrogen and oxygen atoms in total. The summed E-state index contributed by atoms with van der Waals surface area (Å²) in [5, 5.41) is 2.99. The van der Waals surface area contributed by atoms with Gasteiger partial charge in [0.1, 0.15) is 0 Å². The molecule has 0 unspecified atom stereocenters. The van der Waals surface area contributed by atoms with E-state index in [0.29, 0.717) is 5.92 Å². The van der Waals surface area contributed by atoms with E-state index >= 15 is 0 Å². The topological polar surface area (TPSA) is 46.9 Å². The summed E-state index contributed by atoms with van der Waals surface area (Å²) in [6.45, 7) is 2.80. The normalized spacial score (nSPS) is 17.8. The van der Waals surface area contributed by atoms with Gasteiger partial charge in [-0.3, -0.25) is 4.79 Å². The number of nitrogens with zero attached hydrogens (tertiary/aromatic N) is 2. The van der Waals surface area contributed by atoms with Crippen molar-refractivity contribution in [3.8, 4) is 0 Å². The largest absolute Gasteiger partial charge is 0.352 e. The first-order chi connectivity index (χ1) is 6.75. The smallest absolute Gasteiger partial charge is 0.223 e. The van der Waals surface area contributed by atoms with Crippen LogP contribution in [-0.2, 0) is 11.3 Å². The molecule has 0 aliphatic heterocycles. The molecule has 1 fully saturated rings. The average Bonchev–Trinajstić information content (AvgIpc) is 2.87. The zero-order chi connectivity index (χ0) is 9.97. The summed E-state index contributed by atoms with van der Waals surface area (Å²) in [4.78, 5) is 15.4. The van der Waals surface area contributed by atoms with Crippen molar-refractivity contribution < 1.29 is 4.79 Å². The number of carbonyl (C=O) groups excluding carboxylic acids is 1. The van der Waals surface area contributed by atoms with Gasteiger partial charge in [0.15, 0.2) is 0 Å². The quantitative estimate of drug-likeness (QED) is 0.768. The second kappa shape index (κ2) is 3.82. The molecule has 1 saturated carbocycles. The highest BCUT2D eigenvalue weighted by Crippen LogP contribution is 2.28. The molecule has 0 spiro atoms. The van der Waals surface area contributed by atoms with Gasteiger partial charge in [-0.25, -0.2) is 4.98 Å². The minimum atomic E-state index is 0.178. The van der Waals surface area contributed by atoms with E-state index in [1.807, 2.05) is 17.7 Å². The zero-order valence-electron chi connectivity index (χ0n) is 8.31.